The predicted molar refractivity (Wildman–Crippen MR) is 78.9 cm³/mol. The fourth-order valence-electron chi connectivity index (χ4n) is 2.05. The minimum Gasteiger partial charge on any atom is -0.370 e. The zero-order valence-corrected chi connectivity index (χ0v) is 11.4. The lowest BCUT2D eigenvalue weighted by Gasteiger charge is -2.07. The van der Waals surface area contributed by atoms with Crippen molar-refractivity contribution < 1.29 is 4.79 Å². The Morgan fingerprint density at radius 3 is 2.16 bits per heavy atom. The van der Waals surface area contributed by atoms with Gasteiger partial charge in [0.1, 0.15) is 0 Å². The molecule has 2 aromatic carbocycles. The van der Waals surface area contributed by atoms with Crippen molar-refractivity contribution in [2.75, 3.05) is 0 Å². The van der Waals surface area contributed by atoms with Crippen molar-refractivity contribution in [2.45, 2.75) is 26.7 Å². The van der Waals surface area contributed by atoms with Crippen LogP contribution < -0.4 is 5.73 Å². The summed E-state index contributed by atoms with van der Waals surface area (Å²) in [6.45, 7) is 4.24. The first-order chi connectivity index (χ1) is 9.06. The number of hydrogen-bond acceptors (Lipinski definition) is 1. The van der Waals surface area contributed by atoms with Gasteiger partial charge in [0, 0.05) is 6.42 Å². The summed E-state index contributed by atoms with van der Waals surface area (Å²) in [7, 11) is 0. The van der Waals surface area contributed by atoms with Gasteiger partial charge in [-0.2, -0.15) is 0 Å². The Morgan fingerprint density at radius 2 is 1.58 bits per heavy atom. The molecule has 2 nitrogen and oxygen atoms in total. The Morgan fingerprint density at radius 1 is 0.947 bits per heavy atom. The van der Waals surface area contributed by atoms with Gasteiger partial charge in [0.2, 0.25) is 5.91 Å². The summed E-state index contributed by atoms with van der Waals surface area (Å²) in [5.41, 5.74) is 11.3. The van der Waals surface area contributed by atoms with Gasteiger partial charge < -0.3 is 5.73 Å². The maximum Gasteiger partial charge on any atom is 0.217 e. The van der Waals surface area contributed by atoms with Gasteiger partial charge in [-0.1, -0.05) is 42.5 Å². The van der Waals surface area contributed by atoms with Crippen molar-refractivity contribution in [3.63, 3.8) is 0 Å². The van der Waals surface area contributed by atoms with Crippen LogP contribution in [0.1, 0.15) is 23.1 Å². The van der Waals surface area contributed by atoms with E-state index >= 15 is 0 Å². The van der Waals surface area contributed by atoms with Crippen LogP contribution in [0.5, 0.6) is 0 Å². The van der Waals surface area contributed by atoms with Crippen LogP contribution in [-0.2, 0) is 11.2 Å². The standard InChI is InChI=1S/C17H19NO/c1-12-3-7-16(11-13(12)2)15-8-4-14(5-9-15)6-10-17(18)19/h3-5,7-9,11H,6,10H2,1-2H3,(H2,18,19). The molecule has 0 saturated heterocycles. The topological polar surface area (TPSA) is 43.1 Å². The summed E-state index contributed by atoms with van der Waals surface area (Å²) in [4.78, 5) is 10.8. The van der Waals surface area contributed by atoms with Gasteiger partial charge in [-0.15, -0.1) is 0 Å². The Kier molecular flexibility index (Phi) is 4.00. The monoisotopic (exact) mass is 253 g/mol. The summed E-state index contributed by atoms with van der Waals surface area (Å²) in [6.07, 6.45) is 1.12. The van der Waals surface area contributed by atoms with E-state index in [4.69, 9.17) is 5.73 Å². The average molecular weight is 253 g/mol. The van der Waals surface area contributed by atoms with E-state index in [1.807, 2.05) is 0 Å². The van der Waals surface area contributed by atoms with E-state index in [0.29, 0.717) is 12.8 Å². The Bertz CT molecular complexity index is 585. The highest BCUT2D eigenvalue weighted by atomic mass is 16.1. The second kappa shape index (κ2) is 5.70. The molecule has 0 atom stereocenters. The largest absolute Gasteiger partial charge is 0.370 e. The second-order valence-electron chi connectivity index (χ2n) is 4.96. The molecule has 2 aromatic rings. The molecule has 0 fully saturated rings. The molecule has 98 valence electrons. The number of hydrogen-bond donors (Lipinski definition) is 1. The van der Waals surface area contributed by atoms with Crippen molar-refractivity contribution in [2.24, 2.45) is 5.73 Å². The maximum absolute atomic E-state index is 10.8. The van der Waals surface area contributed by atoms with Gasteiger partial charge in [0.05, 0.1) is 0 Å². The molecule has 0 aliphatic heterocycles. The number of amides is 1. The van der Waals surface area contributed by atoms with Crippen LogP contribution in [0.15, 0.2) is 42.5 Å². The van der Waals surface area contributed by atoms with Crippen LogP contribution in [0.25, 0.3) is 11.1 Å². The highest BCUT2D eigenvalue weighted by molar-refractivity contribution is 5.74. The fraction of sp³-hybridized carbons (Fsp3) is 0.235. The van der Waals surface area contributed by atoms with E-state index in [2.05, 4.69) is 56.3 Å². The third-order valence-corrected chi connectivity index (χ3v) is 3.45. The van der Waals surface area contributed by atoms with Gasteiger partial charge in [-0.25, -0.2) is 0 Å². The van der Waals surface area contributed by atoms with Crippen LogP contribution in [-0.4, -0.2) is 5.91 Å². The average Bonchev–Trinajstić information content (AvgIpc) is 2.40. The van der Waals surface area contributed by atoms with E-state index in [1.54, 1.807) is 0 Å². The quantitative estimate of drug-likeness (QED) is 0.891. The van der Waals surface area contributed by atoms with Gasteiger partial charge in [0.25, 0.3) is 0 Å². The van der Waals surface area contributed by atoms with Gasteiger partial charge in [-0.3, -0.25) is 4.79 Å². The zero-order chi connectivity index (χ0) is 13.8. The van der Waals surface area contributed by atoms with Gasteiger partial charge in [0.15, 0.2) is 0 Å². The zero-order valence-electron chi connectivity index (χ0n) is 11.4. The van der Waals surface area contributed by atoms with Crippen LogP contribution in [0, 0.1) is 13.8 Å². The molecule has 0 spiro atoms. The molecule has 2 heteroatoms. The lowest BCUT2D eigenvalue weighted by atomic mass is 9.99. The number of nitrogens with two attached hydrogens (primary N) is 1. The molecular weight excluding hydrogens is 234 g/mol. The molecule has 2 N–H and O–H groups in total. The number of carbonyl (C=O) groups excluding carboxylic acids is 1. The lowest BCUT2D eigenvalue weighted by Crippen LogP contribution is -2.11. The highest BCUT2D eigenvalue weighted by Crippen LogP contribution is 2.22. The summed E-state index contributed by atoms with van der Waals surface area (Å²) in [5, 5.41) is 0. The predicted octanol–water partition coefficient (Wildman–Crippen LogP) is 3.39. The molecule has 0 heterocycles. The molecule has 0 radical (unpaired) electrons. The Balaban J connectivity index is 2.17. The molecule has 0 aromatic heterocycles. The molecule has 1 amide bonds. The molecular formula is C17H19NO. The van der Waals surface area contributed by atoms with E-state index < -0.39 is 0 Å². The number of rotatable bonds is 4. The summed E-state index contributed by atoms with van der Waals surface area (Å²) < 4.78 is 0. The van der Waals surface area contributed by atoms with Crippen molar-refractivity contribution in [3.8, 4) is 11.1 Å². The highest BCUT2D eigenvalue weighted by Gasteiger charge is 2.01. The number of benzene rings is 2. The lowest BCUT2D eigenvalue weighted by molar-refractivity contribution is -0.117. The first-order valence-electron chi connectivity index (χ1n) is 6.51. The van der Waals surface area contributed by atoms with Crippen molar-refractivity contribution >= 4 is 5.91 Å². The summed E-state index contributed by atoms with van der Waals surface area (Å²) in [5.74, 6) is -0.252. The normalized spacial score (nSPS) is 10.4. The van der Waals surface area contributed by atoms with E-state index in [1.165, 1.54) is 22.3 Å². The van der Waals surface area contributed by atoms with Gasteiger partial charge >= 0.3 is 0 Å². The first-order valence-corrected chi connectivity index (χ1v) is 6.51. The third-order valence-electron chi connectivity index (χ3n) is 3.45. The number of carbonyl (C=O) groups is 1. The Labute approximate surface area is 114 Å². The first kappa shape index (κ1) is 13.3. The number of primary amides is 1. The molecule has 0 aliphatic carbocycles. The Hall–Kier alpha value is -2.09. The summed E-state index contributed by atoms with van der Waals surface area (Å²) in [6, 6.07) is 14.8. The van der Waals surface area contributed by atoms with Crippen LogP contribution in [0.3, 0.4) is 0 Å². The van der Waals surface area contributed by atoms with Crippen LogP contribution in [0.2, 0.25) is 0 Å². The van der Waals surface area contributed by atoms with E-state index in [0.717, 1.165) is 5.56 Å². The molecule has 0 aliphatic rings. The van der Waals surface area contributed by atoms with Gasteiger partial charge in [-0.05, 0) is 48.1 Å². The fourth-order valence-corrected chi connectivity index (χ4v) is 2.05. The molecule has 19 heavy (non-hydrogen) atoms. The second-order valence-corrected chi connectivity index (χ2v) is 4.96. The van der Waals surface area contributed by atoms with Crippen molar-refractivity contribution in [1.29, 1.82) is 0 Å². The molecule has 2 rings (SSSR count). The molecule has 0 saturated carbocycles. The van der Waals surface area contributed by atoms with E-state index in [-0.39, 0.29) is 5.91 Å². The third kappa shape index (κ3) is 3.44. The molecule has 0 bridgehead atoms. The minimum absolute atomic E-state index is 0.252. The molecule has 0 unspecified atom stereocenters. The van der Waals surface area contributed by atoms with E-state index in [9.17, 15) is 4.79 Å². The minimum atomic E-state index is -0.252. The van der Waals surface area contributed by atoms with Crippen molar-refractivity contribution in [3.05, 3.63) is 59.2 Å². The maximum atomic E-state index is 10.8. The smallest absolute Gasteiger partial charge is 0.217 e. The van der Waals surface area contributed by atoms with Crippen molar-refractivity contribution in [1.82, 2.24) is 0 Å². The number of aryl methyl sites for hydroxylation is 3. The van der Waals surface area contributed by atoms with Crippen LogP contribution in [0.4, 0.5) is 0 Å². The summed E-state index contributed by atoms with van der Waals surface area (Å²) >= 11 is 0. The van der Waals surface area contributed by atoms with Crippen LogP contribution >= 0.6 is 0 Å². The SMILES string of the molecule is Cc1ccc(-c2ccc(CCC(N)=O)cc2)cc1C.